The molecule has 0 saturated heterocycles. The van der Waals surface area contributed by atoms with E-state index in [4.69, 9.17) is 4.98 Å². The molecule has 3 aromatic carbocycles. The molecule has 1 N–H and O–H groups in total. The van der Waals surface area contributed by atoms with Crippen LogP contribution in [0.4, 0.5) is 0 Å². The first-order valence-electron chi connectivity index (χ1n) is 11.8. The van der Waals surface area contributed by atoms with Gasteiger partial charge in [-0.05, 0) is 49.0 Å². The second-order valence-electron chi connectivity index (χ2n) is 8.24. The zero-order valence-corrected chi connectivity index (χ0v) is 19.0. The second-order valence-corrected chi connectivity index (χ2v) is 8.24. The molecule has 0 aliphatic carbocycles. The van der Waals surface area contributed by atoms with Crippen LogP contribution in [0.5, 0.6) is 0 Å². The summed E-state index contributed by atoms with van der Waals surface area (Å²) in [6.45, 7) is 4.31. The monoisotopic (exact) mass is 423 g/mol. The molecular formula is C29H33N3. The SMILES string of the molecule is CCNCCCCCc1cn(C(c2ccccc2)(c2ccccc2)c2ccccc2)cn1. The number of aromatic nitrogens is 2. The van der Waals surface area contributed by atoms with E-state index in [1.807, 2.05) is 6.33 Å². The van der Waals surface area contributed by atoms with Crippen LogP contribution >= 0.6 is 0 Å². The van der Waals surface area contributed by atoms with Crippen molar-refractivity contribution >= 4 is 0 Å². The first-order valence-corrected chi connectivity index (χ1v) is 11.8. The van der Waals surface area contributed by atoms with Crippen molar-refractivity contribution in [3.8, 4) is 0 Å². The maximum Gasteiger partial charge on any atom is 0.121 e. The Morgan fingerprint density at radius 3 is 1.75 bits per heavy atom. The van der Waals surface area contributed by atoms with Crippen molar-refractivity contribution in [1.82, 2.24) is 14.9 Å². The van der Waals surface area contributed by atoms with Gasteiger partial charge >= 0.3 is 0 Å². The number of unbranched alkanes of at least 4 members (excludes halogenated alkanes) is 2. The molecule has 0 spiro atoms. The van der Waals surface area contributed by atoms with Crippen LogP contribution < -0.4 is 5.32 Å². The van der Waals surface area contributed by atoms with E-state index in [1.54, 1.807) is 0 Å². The zero-order valence-electron chi connectivity index (χ0n) is 19.0. The summed E-state index contributed by atoms with van der Waals surface area (Å²) in [4.78, 5) is 4.84. The molecule has 0 aliphatic rings. The molecule has 3 nitrogen and oxygen atoms in total. The Balaban J connectivity index is 1.73. The highest BCUT2D eigenvalue weighted by molar-refractivity contribution is 5.50. The lowest BCUT2D eigenvalue weighted by Gasteiger charge is -2.37. The van der Waals surface area contributed by atoms with Gasteiger partial charge in [-0.1, -0.05) is 104 Å². The third kappa shape index (κ3) is 4.68. The lowest BCUT2D eigenvalue weighted by Crippen LogP contribution is -2.36. The van der Waals surface area contributed by atoms with Gasteiger partial charge in [-0.15, -0.1) is 0 Å². The largest absolute Gasteiger partial charge is 0.319 e. The summed E-state index contributed by atoms with van der Waals surface area (Å²) in [5.74, 6) is 0. The minimum Gasteiger partial charge on any atom is -0.319 e. The topological polar surface area (TPSA) is 29.9 Å². The number of imidazole rings is 1. The molecule has 0 radical (unpaired) electrons. The molecule has 1 aromatic heterocycles. The van der Waals surface area contributed by atoms with Gasteiger partial charge in [0.05, 0.1) is 12.0 Å². The molecule has 0 amide bonds. The van der Waals surface area contributed by atoms with E-state index in [2.05, 4.69) is 114 Å². The molecule has 0 fully saturated rings. The fourth-order valence-corrected chi connectivity index (χ4v) is 4.57. The van der Waals surface area contributed by atoms with Crippen LogP contribution in [0.25, 0.3) is 0 Å². The van der Waals surface area contributed by atoms with Crippen LogP contribution in [0.15, 0.2) is 104 Å². The standard InChI is InChI=1S/C29H33N3/c1-2-30-22-14-6-13-21-28-23-32(24-31-28)29(25-15-7-3-8-16-25,26-17-9-4-10-18-26)27-19-11-5-12-20-27/h3-5,7-12,15-20,23-24,30H,2,6,13-14,21-22H2,1H3. The van der Waals surface area contributed by atoms with Gasteiger partial charge in [0.15, 0.2) is 0 Å². The van der Waals surface area contributed by atoms with Crippen molar-refractivity contribution in [3.05, 3.63) is 126 Å². The number of rotatable bonds is 11. The molecule has 32 heavy (non-hydrogen) atoms. The summed E-state index contributed by atoms with van der Waals surface area (Å²) in [5, 5.41) is 3.41. The van der Waals surface area contributed by atoms with Crippen LogP contribution in [0.1, 0.15) is 48.6 Å². The maximum atomic E-state index is 4.84. The van der Waals surface area contributed by atoms with Crippen molar-refractivity contribution in [1.29, 1.82) is 0 Å². The second kappa shape index (κ2) is 10.9. The van der Waals surface area contributed by atoms with Crippen molar-refractivity contribution in [3.63, 3.8) is 0 Å². The number of nitrogens with zero attached hydrogens (tertiary/aromatic N) is 2. The average Bonchev–Trinajstić information content (AvgIpc) is 3.33. The summed E-state index contributed by atoms with van der Waals surface area (Å²) in [5.41, 5.74) is 4.37. The quantitative estimate of drug-likeness (QED) is 0.235. The Morgan fingerprint density at radius 2 is 1.25 bits per heavy atom. The van der Waals surface area contributed by atoms with Crippen LogP contribution in [0.3, 0.4) is 0 Å². The van der Waals surface area contributed by atoms with E-state index >= 15 is 0 Å². The van der Waals surface area contributed by atoms with Gasteiger partial charge in [-0.25, -0.2) is 4.98 Å². The highest BCUT2D eigenvalue weighted by Gasteiger charge is 2.38. The van der Waals surface area contributed by atoms with Gasteiger partial charge in [0.2, 0.25) is 0 Å². The zero-order chi connectivity index (χ0) is 22.1. The fraction of sp³-hybridized carbons (Fsp3) is 0.276. The normalized spacial score (nSPS) is 11.5. The van der Waals surface area contributed by atoms with E-state index < -0.39 is 5.54 Å². The smallest absolute Gasteiger partial charge is 0.121 e. The number of hydrogen-bond acceptors (Lipinski definition) is 2. The predicted octanol–water partition coefficient (Wildman–Crippen LogP) is 6.05. The first-order chi connectivity index (χ1) is 15.9. The lowest BCUT2D eigenvalue weighted by molar-refractivity contribution is 0.514. The van der Waals surface area contributed by atoms with Gasteiger partial charge in [-0.2, -0.15) is 0 Å². The summed E-state index contributed by atoms with van der Waals surface area (Å²) in [6.07, 6.45) is 8.88. The lowest BCUT2D eigenvalue weighted by atomic mass is 9.77. The third-order valence-electron chi connectivity index (χ3n) is 6.13. The number of nitrogens with one attached hydrogen (secondary N) is 1. The van der Waals surface area contributed by atoms with Gasteiger partial charge in [0.25, 0.3) is 0 Å². The van der Waals surface area contributed by atoms with Crippen molar-refractivity contribution in [2.24, 2.45) is 0 Å². The summed E-state index contributed by atoms with van der Waals surface area (Å²) in [6, 6.07) is 32.3. The first kappa shape index (κ1) is 22.0. The Bertz CT molecular complexity index is 959. The van der Waals surface area contributed by atoms with Crippen LogP contribution in [-0.4, -0.2) is 22.6 Å². The van der Waals surface area contributed by atoms with Crippen molar-refractivity contribution < 1.29 is 0 Å². The van der Waals surface area contributed by atoms with E-state index in [-0.39, 0.29) is 0 Å². The summed E-state index contributed by atoms with van der Waals surface area (Å²) in [7, 11) is 0. The van der Waals surface area contributed by atoms with E-state index in [9.17, 15) is 0 Å². The van der Waals surface area contributed by atoms with Crippen molar-refractivity contribution in [2.45, 2.75) is 38.1 Å². The minimum atomic E-state index is -0.472. The average molecular weight is 424 g/mol. The predicted molar refractivity (Wildman–Crippen MR) is 133 cm³/mol. The van der Waals surface area contributed by atoms with Gasteiger partial charge in [0, 0.05) is 6.20 Å². The molecular weight excluding hydrogens is 390 g/mol. The molecule has 4 rings (SSSR count). The molecule has 0 bridgehead atoms. The molecule has 0 atom stereocenters. The van der Waals surface area contributed by atoms with Crippen LogP contribution in [0, 0.1) is 0 Å². The van der Waals surface area contributed by atoms with Gasteiger partial charge in [0.1, 0.15) is 5.54 Å². The molecule has 4 aromatic rings. The maximum absolute atomic E-state index is 4.84. The van der Waals surface area contributed by atoms with E-state index in [0.717, 1.165) is 31.6 Å². The highest BCUT2D eigenvalue weighted by Crippen LogP contribution is 2.40. The van der Waals surface area contributed by atoms with Crippen LogP contribution in [0.2, 0.25) is 0 Å². The van der Waals surface area contributed by atoms with E-state index in [1.165, 1.54) is 29.5 Å². The molecule has 164 valence electrons. The molecule has 0 saturated carbocycles. The molecule has 1 heterocycles. The molecule has 3 heteroatoms. The molecule has 0 aliphatic heterocycles. The Kier molecular flexibility index (Phi) is 7.52. The Hall–Kier alpha value is -3.17. The number of benzene rings is 3. The molecule has 0 unspecified atom stereocenters. The van der Waals surface area contributed by atoms with Crippen LogP contribution in [-0.2, 0) is 12.0 Å². The Labute approximate surface area is 192 Å². The van der Waals surface area contributed by atoms with Gasteiger partial charge < -0.3 is 9.88 Å². The third-order valence-corrected chi connectivity index (χ3v) is 6.13. The number of hydrogen-bond donors (Lipinski definition) is 1. The van der Waals surface area contributed by atoms with Crippen molar-refractivity contribution in [2.75, 3.05) is 13.1 Å². The van der Waals surface area contributed by atoms with Gasteiger partial charge in [-0.3, -0.25) is 0 Å². The Morgan fingerprint density at radius 1 is 0.719 bits per heavy atom. The summed E-state index contributed by atoms with van der Waals surface area (Å²) < 4.78 is 2.31. The highest BCUT2D eigenvalue weighted by atomic mass is 15.1. The fourth-order valence-electron chi connectivity index (χ4n) is 4.57. The minimum absolute atomic E-state index is 0.472. The van der Waals surface area contributed by atoms with E-state index in [0.29, 0.717) is 0 Å². The summed E-state index contributed by atoms with van der Waals surface area (Å²) >= 11 is 0. The number of aryl methyl sites for hydroxylation is 1.